The van der Waals surface area contributed by atoms with Gasteiger partial charge < -0.3 is 55.9 Å². The molecule has 7 rings (SSSR count). The standard InChI is InChI=1S/C25H23F2NO2.C24H34N2O2S.C4H8O2.C3H4F2O2.C3H9N.C2H6.CH4O/c26-19-8-6-17(7-9-19)24(30)15-14-22-23(16-29)28(21-12-10-20(27)11-13-21)25(22)18-4-2-1-3-5-18;1-5-7-13-24(6-2)16-29(28)21-12-11-19(26(3)4)15-20(21)22(23(24)27)17-9-8-10-18(25)14-17;1-2-6-4-3-5;1-3(4,5)2(6)7;1-3-4-2;2*1-2/h1-13,16,22,24-25,29-30H,14-15H2;8-12,14-15,22-23,27H,5-7,13,16,25H2,1-4H3;3H,2,4H2,1H3;1H3,(H,6,7);4H,3H2,1-2H3;1-2H3;2H,1H3. The molecule has 0 bridgehead atoms. The van der Waals surface area contributed by atoms with Gasteiger partial charge in [0.25, 0.3) is 0 Å². The van der Waals surface area contributed by atoms with Gasteiger partial charge in [-0.25, -0.2) is 13.6 Å². The molecule has 1 saturated heterocycles. The largest absolute Gasteiger partial charge is 0.514 e. The zero-order valence-electron chi connectivity index (χ0n) is 48.4. The molecule has 444 valence electrons. The van der Waals surface area contributed by atoms with Crippen LogP contribution in [0.25, 0.3) is 0 Å². The molecular weight excluding hydrogens is 1050 g/mol. The second kappa shape index (κ2) is 37.7. The van der Waals surface area contributed by atoms with Crippen molar-refractivity contribution in [1.82, 2.24) is 5.32 Å². The van der Waals surface area contributed by atoms with E-state index in [9.17, 15) is 46.7 Å². The Morgan fingerprint density at radius 2 is 1.48 bits per heavy atom. The molecular formula is C62H88F4N4O9S. The highest BCUT2D eigenvalue weighted by Gasteiger charge is 2.47. The van der Waals surface area contributed by atoms with Crippen molar-refractivity contribution in [3.05, 3.63) is 167 Å². The maximum absolute atomic E-state index is 13.5. The molecule has 7 atom stereocenters. The summed E-state index contributed by atoms with van der Waals surface area (Å²) in [6.45, 7) is 14.5. The van der Waals surface area contributed by atoms with Crippen LogP contribution in [0.1, 0.15) is 127 Å². The number of fused-ring (bicyclic) bond motifs is 1. The molecule has 5 aromatic rings. The number of rotatable bonds is 17. The lowest BCUT2D eigenvalue weighted by molar-refractivity contribution is -0.161. The third kappa shape index (κ3) is 21.7. The first kappa shape index (κ1) is 71.9. The summed E-state index contributed by atoms with van der Waals surface area (Å²) in [5.41, 5.74) is 12.7. The predicted molar refractivity (Wildman–Crippen MR) is 316 cm³/mol. The van der Waals surface area contributed by atoms with Crippen LogP contribution in [-0.2, 0) is 25.1 Å². The summed E-state index contributed by atoms with van der Waals surface area (Å²) in [6, 6.07) is 35.8. The predicted octanol–water partition coefficient (Wildman–Crippen LogP) is 12.4. The number of aldehydes is 1. The summed E-state index contributed by atoms with van der Waals surface area (Å²) >= 11 is 0. The van der Waals surface area contributed by atoms with Crippen molar-refractivity contribution in [2.45, 2.75) is 122 Å². The van der Waals surface area contributed by atoms with Gasteiger partial charge in [0.1, 0.15) is 24.5 Å². The Morgan fingerprint density at radius 1 is 0.912 bits per heavy atom. The quantitative estimate of drug-likeness (QED) is 0.0152. The van der Waals surface area contributed by atoms with Gasteiger partial charge in [0.05, 0.1) is 41.0 Å². The van der Waals surface area contributed by atoms with E-state index in [0.29, 0.717) is 43.4 Å². The number of aliphatic hydroxyl groups is 4. The average Bonchev–Trinajstić information content (AvgIpc) is 3.55. The van der Waals surface area contributed by atoms with E-state index in [2.05, 4.69) is 36.9 Å². The topological polar surface area (TPSA) is 206 Å². The summed E-state index contributed by atoms with van der Waals surface area (Å²) < 4.78 is 67.1. The van der Waals surface area contributed by atoms with Gasteiger partial charge in [-0.3, -0.25) is 4.21 Å². The number of carbonyl (C=O) groups excluding carboxylic acids is 1. The van der Waals surface area contributed by atoms with Gasteiger partial charge in [0.15, 0.2) is 0 Å². The zero-order chi connectivity index (χ0) is 60.6. The summed E-state index contributed by atoms with van der Waals surface area (Å²) in [7, 11) is 5.77. The Hall–Kier alpha value is -6.15. The molecule has 1 fully saturated rings. The maximum Gasteiger partial charge on any atom is 0.374 e. The Kier molecular flexibility index (Phi) is 33.9. The van der Waals surface area contributed by atoms with Crippen molar-refractivity contribution in [2.24, 2.45) is 11.3 Å². The van der Waals surface area contributed by atoms with E-state index in [1.165, 1.54) is 24.3 Å². The number of nitrogens with zero attached hydrogens (tertiary/aromatic N) is 2. The monoisotopic (exact) mass is 1140 g/mol. The first-order chi connectivity index (χ1) is 38.2. The lowest BCUT2D eigenvalue weighted by Crippen LogP contribution is -2.47. The van der Waals surface area contributed by atoms with Crippen LogP contribution < -0.4 is 20.9 Å². The van der Waals surface area contributed by atoms with E-state index >= 15 is 0 Å². The van der Waals surface area contributed by atoms with Gasteiger partial charge in [0.2, 0.25) is 0 Å². The number of ether oxygens (including phenoxy) is 1. The van der Waals surface area contributed by atoms with Crippen LogP contribution in [0.4, 0.5) is 34.6 Å². The van der Waals surface area contributed by atoms with Gasteiger partial charge in [-0.05, 0) is 135 Å². The molecule has 7 unspecified atom stereocenters. The number of halogens is 4. The first-order valence-corrected chi connectivity index (χ1v) is 28.3. The van der Waals surface area contributed by atoms with E-state index in [0.717, 1.165) is 90.5 Å². The number of nitrogens with two attached hydrogens (primary N) is 1. The van der Waals surface area contributed by atoms with Gasteiger partial charge >= 0.3 is 11.9 Å². The van der Waals surface area contributed by atoms with E-state index in [-0.39, 0.29) is 41.5 Å². The van der Waals surface area contributed by atoms with Gasteiger partial charge in [-0.1, -0.05) is 102 Å². The minimum atomic E-state index is -3.58. The molecule has 2 aliphatic rings. The minimum absolute atomic E-state index is 0.0162. The number of carbonyl (C=O) groups is 2. The number of alkyl halides is 2. The zero-order valence-corrected chi connectivity index (χ0v) is 49.2. The molecule has 2 aliphatic heterocycles. The van der Waals surface area contributed by atoms with Crippen molar-refractivity contribution in [2.75, 3.05) is 69.3 Å². The van der Waals surface area contributed by atoms with Crippen molar-refractivity contribution >= 4 is 40.1 Å². The smallest absolute Gasteiger partial charge is 0.374 e. The van der Waals surface area contributed by atoms with Crippen LogP contribution in [0.5, 0.6) is 0 Å². The number of carboxylic acid groups (broad SMARTS) is 1. The molecule has 0 spiro atoms. The summed E-state index contributed by atoms with van der Waals surface area (Å²) in [6.07, 6.45) is 5.34. The number of nitrogen functional groups attached to an aromatic ring is 1. The Labute approximate surface area is 475 Å². The van der Waals surface area contributed by atoms with Crippen LogP contribution >= 0.6 is 0 Å². The molecule has 13 nitrogen and oxygen atoms in total. The van der Waals surface area contributed by atoms with E-state index in [4.69, 9.17) is 15.9 Å². The highest BCUT2D eigenvalue weighted by molar-refractivity contribution is 7.85. The third-order valence-corrected chi connectivity index (χ3v) is 15.0. The molecule has 0 aliphatic carbocycles. The number of benzene rings is 5. The fourth-order valence-electron chi connectivity index (χ4n) is 8.92. The number of nitrogens with one attached hydrogen (secondary N) is 1. The van der Waals surface area contributed by atoms with E-state index in [1.54, 1.807) is 24.3 Å². The van der Waals surface area contributed by atoms with Crippen molar-refractivity contribution < 1.29 is 61.6 Å². The SMILES string of the molecule is CC.CC(F)(F)C(=O)O.CCCCC1(CC)CS(=O)c2ccc(N(C)C)cc2C(c2cccc(N)c2)C1O.CCNC.CCOCC=O.CO.OC=C1C(CCC(O)c2ccc(F)cc2)C(c2ccccc2)N1c1ccc(F)cc1. The highest BCUT2D eigenvalue weighted by atomic mass is 32.2. The molecule has 8 N–H and O–H groups in total. The Balaban J connectivity index is 0.000000593. The van der Waals surface area contributed by atoms with Crippen LogP contribution in [-0.4, -0.2) is 108 Å². The number of carboxylic acids is 1. The van der Waals surface area contributed by atoms with Crippen molar-refractivity contribution in [1.29, 1.82) is 0 Å². The maximum atomic E-state index is 13.5. The molecule has 0 amide bonds. The second-order valence-corrected chi connectivity index (χ2v) is 20.2. The molecule has 2 heterocycles. The van der Waals surface area contributed by atoms with E-state index in [1.807, 2.05) is 118 Å². The number of aliphatic hydroxyl groups excluding tert-OH is 4. The van der Waals surface area contributed by atoms with Crippen LogP contribution in [0.15, 0.2) is 138 Å². The van der Waals surface area contributed by atoms with Crippen LogP contribution in [0.3, 0.4) is 0 Å². The Bertz CT molecular complexity index is 2570. The number of unbranched alkanes of at least 4 members (excludes halogenated alkanes) is 1. The molecule has 0 aromatic heterocycles. The van der Waals surface area contributed by atoms with Crippen LogP contribution in [0, 0.1) is 23.0 Å². The van der Waals surface area contributed by atoms with Crippen molar-refractivity contribution in [3.8, 4) is 0 Å². The van der Waals surface area contributed by atoms with E-state index < -0.39 is 34.9 Å². The van der Waals surface area contributed by atoms with Crippen molar-refractivity contribution in [3.63, 3.8) is 0 Å². The summed E-state index contributed by atoms with van der Waals surface area (Å²) in [5, 5.41) is 49.8. The molecule has 18 heteroatoms. The third-order valence-electron chi connectivity index (χ3n) is 13.3. The summed E-state index contributed by atoms with van der Waals surface area (Å²) in [4.78, 5) is 23.6. The lowest BCUT2D eigenvalue weighted by Gasteiger charge is -2.52. The fourth-order valence-corrected chi connectivity index (χ4v) is 10.8. The van der Waals surface area contributed by atoms with Gasteiger partial charge in [0, 0.05) is 79.7 Å². The van der Waals surface area contributed by atoms with Gasteiger partial charge in [-0.15, -0.1) is 0 Å². The molecule has 5 aromatic carbocycles. The van der Waals surface area contributed by atoms with Crippen LogP contribution in [0.2, 0.25) is 0 Å². The number of anilines is 3. The fraction of sp³-hybridized carbons (Fsp3) is 0.452. The molecule has 0 saturated carbocycles. The number of aliphatic carboxylic acids is 1. The lowest BCUT2D eigenvalue weighted by atomic mass is 9.69. The van der Waals surface area contributed by atoms with Gasteiger partial charge in [-0.2, -0.15) is 8.78 Å². The highest BCUT2D eigenvalue weighted by Crippen LogP contribution is 2.52. The molecule has 80 heavy (non-hydrogen) atoms. The average molecular weight is 1140 g/mol. The molecule has 0 radical (unpaired) electrons. The minimum Gasteiger partial charge on any atom is -0.514 e. The Morgan fingerprint density at radius 3 is 1.94 bits per heavy atom. The first-order valence-electron chi connectivity index (χ1n) is 27.0. The normalized spacial score (nSPS) is 19.6. The summed E-state index contributed by atoms with van der Waals surface area (Å²) in [5.74, 6) is -6.10. The number of hydrogen-bond acceptors (Lipinski definition) is 12. The second-order valence-electron chi connectivity index (χ2n) is 18.8. The number of hydrogen-bond donors (Lipinski definition) is 7.